The van der Waals surface area contributed by atoms with Crippen molar-refractivity contribution in [3.05, 3.63) is 71.2 Å². The zero-order valence-electron chi connectivity index (χ0n) is 15.5. The van der Waals surface area contributed by atoms with E-state index in [0.29, 0.717) is 12.1 Å². The van der Waals surface area contributed by atoms with E-state index in [-0.39, 0.29) is 11.6 Å². The molecule has 0 unspecified atom stereocenters. The summed E-state index contributed by atoms with van der Waals surface area (Å²) in [5.74, 6) is 0.282. The molecule has 0 radical (unpaired) electrons. The average molecular weight is 405 g/mol. The van der Waals surface area contributed by atoms with E-state index < -0.39 is 6.36 Å². The molecule has 0 saturated heterocycles. The minimum atomic E-state index is -4.73. The first-order valence-corrected chi connectivity index (χ1v) is 9.34. The number of hydrogen-bond donors (Lipinski definition) is 1. The third-order valence-corrected chi connectivity index (χ3v) is 4.81. The minimum absolute atomic E-state index is 0.279. The number of halogens is 4. The Labute approximate surface area is 165 Å². The minimum Gasteiger partial charge on any atom is -0.406 e. The van der Waals surface area contributed by atoms with Gasteiger partial charge >= 0.3 is 6.36 Å². The molecule has 152 valence electrons. The van der Waals surface area contributed by atoms with Gasteiger partial charge in [-0.1, -0.05) is 12.1 Å². The summed E-state index contributed by atoms with van der Waals surface area (Å²) >= 11 is 0. The number of nitrogens with one attached hydrogen (secondary N) is 1. The molecule has 8 heteroatoms. The number of hydrogen-bond acceptors (Lipinski definition) is 3. The maximum Gasteiger partial charge on any atom is 0.573 e. The van der Waals surface area contributed by atoms with Crippen molar-refractivity contribution in [3.8, 4) is 11.4 Å². The second-order valence-corrected chi connectivity index (χ2v) is 6.91. The molecule has 0 atom stereocenters. The fraction of sp³-hybridized carbons (Fsp3) is 0.286. The number of anilines is 1. The van der Waals surface area contributed by atoms with Gasteiger partial charge in [0.25, 0.3) is 0 Å². The second-order valence-electron chi connectivity index (χ2n) is 6.91. The van der Waals surface area contributed by atoms with Crippen molar-refractivity contribution >= 4 is 5.82 Å². The molecule has 1 aromatic heterocycles. The maximum absolute atomic E-state index is 13.2. The van der Waals surface area contributed by atoms with Gasteiger partial charge in [-0.15, -0.1) is 13.2 Å². The quantitative estimate of drug-likeness (QED) is 0.603. The predicted octanol–water partition coefficient (Wildman–Crippen LogP) is 5.25. The van der Waals surface area contributed by atoms with Crippen LogP contribution in [0.1, 0.15) is 29.7 Å². The van der Waals surface area contributed by atoms with Crippen LogP contribution >= 0.6 is 0 Å². The molecular formula is C21H19F4N3O. The number of aromatic nitrogens is 2. The lowest BCUT2D eigenvalue weighted by Crippen LogP contribution is -2.17. The van der Waals surface area contributed by atoms with E-state index in [1.54, 1.807) is 28.9 Å². The summed E-state index contributed by atoms with van der Waals surface area (Å²) in [4.78, 5) is 0. The Bertz CT molecular complexity index is 979. The van der Waals surface area contributed by atoms with Gasteiger partial charge in [-0.2, -0.15) is 5.10 Å². The first kappa shape index (κ1) is 19.3. The van der Waals surface area contributed by atoms with Gasteiger partial charge in [0, 0.05) is 18.5 Å². The van der Waals surface area contributed by atoms with Crippen molar-refractivity contribution < 1.29 is 22.3 Å². The SMILES string of the molecule is Fc1ccc(Cc2nn(-c3ccc(OC(F)(F)F)cc3)c3c2CCCCN3)cc1. The standard InChI is InChI=1S/C21H19F4N3O/c22-15-6-4-14(5-7-15)13-19-18-3-1-2-12-26-20(18)28(27-19)16-8-10-17(11-9-16)29-21(23,24)25/h4-11,26H,1-3,12-13H2. The highest BCUT2D eigenvalue weighted by Crippen LogP contribution is 2.31. The predicted molar refractivity (Wildman–Crippen MR) is 101 cm³/mol. The van der Waals surface area contributed by atoms with E-state index in [4.69, 9.17) is 5.10 Å². The van der Waals surface area contributed by atoms with Gasteiger partial charge in [0.15, 0.2) is 0 Å². The van der Waals surface area contributed by atoms with Crippen molar-refractivity contribution in [2.75, 3.05) is 11.9 Å². The van der Waals surface area contributed by atoms with Gasteiger partial charge in [0.05, 0.1) is 11.4 Å². The summed E-state index contributed by atoms with van der Waals surface area (Å²) in [6.07, 6.45) is -1.29. The van der Waals surface area contributed by atoms with E-state index in [0.717, 1.165) is 48.4 Å². The van der Waals surface area contributed by atoms with Gasteiger partial charge < -0.3 is 10.1 Å². The van der Waals surface area contributed by atoms with E-state index in [1.807, 2.05) is 0 Å². The number of ether oxygens (including phenoxy) is 1. The summed E-state index contributed by atoms with van der Waals surface area (Å²) in [5.41, 5.74) is 3.53. The molecule has 2 aromatic carbocycles. The smallest absolute Gasteiger partial charge is 0.406 e. The van der Waals surface area contributed by atoms with Crippen LogP contribution in [0.15, 0.2) is 48.5 Å². The molecule has 1 aliphatic heterocycles. The summed E-state index contributed by atoms with van der Waals surface area (Å²) in [6.45, 7) is 0.796. The molecule has 1 aliphatic rings. The van der Waals surface area contributed by atoms with Crippen LogP contribution in [0.4, 0.5) is 23.4 Å². The number of alkyl halides is 3. The second kappa shape index (κ2) is 7.77. The normalized spacial score (nSPS) is 14.1. The van der Waals surface area contributed by atoms with Gasteiger partial charge in [0.2, 0.25) is 0 Å². The monoisotopic (exact) mass is 405 g/mol. The highest BCUT2D eigenvalue weighted by molar-refractivity contribution is 5.55. The van der Waals surface area contributed by atoms with Crippen LogP contribution in [0.2, 0.25) is 0 Å². The lowest BCUT2D eigenvalue weighted by atomic mass is 10.0. The first-order chi connectivity index (χ1) is 13.9. The van der Waals surface area contributed by atoms with Crippen molar-refractivity contribution in [2.24, 2.45) is 0 Å². The molecule has 0 bridgehead atoms. The molecular weight excluding hydrogens is 386 g/mol. The molecule has 0 saturated carbocycles. The van der Waals surface area contributed by atoms with Gasteiger partial charge in [0.1, 0.15) is 17.4 Å². The lowest BCUT2D eigenvalue weighted by molar-refractivity contribution is -0.274. The maximum atomic E-state index is 13.2. The molecule has 0 aliphatic carbocycles. The van der Waals surface area contributed by atoms with E-state index in [1.165, 1.54) is 24.3 Å². The van der Waals surface area contributed by atoms with Crippen LogP contribution in [0.5, 0.6) is 5.75 Å². The lowest BCUT2D eigenvalue weighted by Gasteiger charge is -2.11. The van der Waals surface area contributed by atoms with Crippen LogP contribution in [0, 0.1) is 5.82 Å². The van der Waals surface area contributed by atoms with Crippen molar-refractivity contribution in [2.45, 2.75) is 32.0 Å². The van der Waals surface area contributed by atoms with Crippen LogP contribution < -0.4 is 10.1 Å². The number of nitrogens with zero attached hydrogens (tertiary/aromatic N) is 2. The van der Waals surface area contributed by atoms with Gasteiger partial charge in [-0.05, 0) is 61.2 Å². The molecule has 0 amide bonds. The van der Waals surface area contributed by atoms with E-state index in [2.05, 4.69) is 10.1 Å². The summed E-state index contributed by atoms with van der Waals surface area (Å²) in [6, 6.07) is 11.9. The number of benzene rings is 2. The van der Waals surface area contributed by atoms with Gasteiger partial charge in [-0.3, -0.25) is 0 Å². The zero-order chi connectivity index (χ0) is 20.4. The highest BCUT2D eigenvalue weighted by atomic mass is 19.4. The summed E-state index contributed by atoms with van der Waals surface area (Å²) in [5, 5.41) is 8.11. The van der Waals surface area contributed by atoms with Crippen LogP contribution in [0.25, 0.3) is 5.69 Å². The van der Waals surface area contributed by atoms with Crippen molar-refractivity contribution in [1.29, 1.82) is 0 Å². The molecule has 0 spiro atoms. The van der Waals surface area contributed by atoms with Crippen LogP contribution in [0.3, 0.4) is 0 Å². The fourth-order valence-electron chi connectivity index (χ4n) is 3.49. The molecule has 3 aromatic rings. The van der Waals surface area contributed by atoms with Crippen LogP contribution in [-0.2, 0) is 12.8 Å². The molecule has 2 heterocycles. The summed E-state index contributed by atoms with van der Waals surface area (Å²) in [7, 11) is 0. The van der Waals surface area contributed by atoms with Crippen LogP contribution in [-0.4, -0.2) is 22.7 Å². The van der Waals surface area contributed by atoms with Crippen molar-refractivity contribution in [3.63, 3.8) is 0 Å². The average Bonchev–Trinajstić information content (AvgIpc) is 2.85. The molecule has 4 nitrogen and oxygen atoms in total. The molecule has 0 fully saturated rings. The Kier molecular flexibility index (Phi) is 5.17. The molecule has 4 rings (SSSR count). The Morgan fingerprint density at radius 2 is 1.72 bits per heavy atom. The Morgan fingerprint density at radius 1 is 1.00 bits per heavy atom. The van der Waals surface area contributed by atoms with Gasteiger partial charge in [-0.25, -0.2) is 9.07 Å². The third-order valence-electron chi connectivity index (χ3n) is 4.81. The summed E-state index contributed by atoms with van der Waals surface area (Å²) < 4.78 is 56.1. The molecule has 29 heavy (non-hydrogen) atoms. The number of fused-ring (bicyclic) bond motifs is 1. The zero-order valence-corrected chi connectivity index (χ0v) is 15.5. The third kappa shape index (κ3) is 4.52. The van der Waals surface area contributed by atoms with E-state index in [9.17, 15) is 17.6 Å². The first-order valence-electron chi connectivity index (χ1n) is 9.34. The Hall–Kier alpha value is -3.03. The topological polar surface area (TPSA) is 39.1 Å². The largest absolute Gasteiger partial charge is 0.573 e. The highest BCUT2D eigenvalue weighted by Gasteiger charge is 2.31. The Balaban J connectivity index is 1.68. The fourth-order valence-corrected chi connectivity index (χ4v) is 3.49. The molecule has 1 N–H and O–H groups in total. The van der Waals surface area contributed by atoms with E-state index >= 15 is 0 Å². The number of rotatable bonds is 4. The van der Waals surface area contributed by atoms with Crippen molar-refractivity contribution in [1.82, 2.24) is 9.78 Å². The Morgan fingerprint density at radius 3 is 2.41 bits per heavy atom.